The quantitative estimate of drug-likeness (QED) is 0.735. The molecule has 2 heteroatoms. The molecule has 0 amide bonds. The zero-order valence-electron chi connectivity index (χ0n) is 11.9. The molecule has 1 spiro atoms. The van der Waals surface area contributed by atoms with Gasteiger partial charge in [-0.15, -0.1) is 0 Å². The minimum atomic E-state index is 0.0274. The lowest BCUT2D eigenvalue weighted by Crippen LogP contribution is -2.47. The van der Waals surface area contributed by atoms with Gasteiger partial charge < -0.3 is 9.47 Å². The lowest BCUT2D eigenvalue weighted by molar-refractivity contribution is -0.107. The SMILES string of the molecule is CC(C)C1CCCOC2(CCOC2)C1C(C)C. The molecule has 0 radical (unpaired) electrons. The molecular weight excluding hydrogens is 212 g/mol. The van der Waals surface area contributed by atoms with Crippen molar-refractivity contribution in [1.82, 2.24) is 0 Å². The van der Waals surface area contributed by atoms with Gasteiger partial charge in [0.05, 0.1) is 12.2 Å². The second-order valence-corrected chi connectivity index (χ2v) is 6.54. The van der Waals surface area contributed by atoms with E-state index in [0.717, 1.165) is 38.1 Å². The normalized spacial score (nSPS) is 39.2. The minimum absolute atomic E-state index is 0.0274. The van der Waals surface area contributed by atoms with Gasteiger partial charge in [-0.25, -0.2) is 0 Å². The van der Waals surface area contributed by atoms with Crippen molar-refractivity contribution < 1.29 is 9.47 Å². The van der Waals surface area contributed by atoms with Crippen molar-refractivity contribution in [3.63, 3.8) is 0 Å². The van der Waals surface area contributed by atoms with Crippen LogP contribution in [-0.4, -0.2) is 25.4 Å². The van der Waals surface area contributed by atoms with E-state index in [1.807, 2.05) is 0 Å². The highest BCUT2D eigenvalue weighted by molar-refractivity contribution is 4.98. The van der Waals surface area contributed by atoms with Gasteiger partial charge in [0.25, 0.3) is 0 Å². The van der Waals surface area contributed by atoms with Crippen LogP contribution in [0.2, 0.25) is 0 Å². The molecule has 2 fully saturated rings. The van der Waals surface area contributed by atoms with Crippen molar-refractivity contribution in [3.05, 3.63) is 0 Å². The summed E-state index contributed by atoms with van der Waals surface area (Å²) in [6.45, 7) is 12.1. The Balaban J connectivity index is 2.28. The zero-order chi connectivity index (χ0) is 12.5. The maximum atomic E-state index is 6.28. The number of rotatable bonds is 2. The first kappa shape index (κ1) is 13.4. The smallest absolute Gasteiger partial charge is 0.0969 e. The highest BCUT2D eigenvalue weighted by Crippen LogP contribution is 2.46. The third-order valence-corrected chi connectivity index (χ3v) is 4.73. The molecule has 0 bridgehead atoms. The van der Waals surface area contributed by atoms with Gasteiger partial charge in [0.1, 0.15) is 0 Å². The van der Waals surface area contributed by atoms with Crippen LogP contribution in [0.4, 0.5) is 0 Å². The van der Waals surface area contributed by atoms with Crippen LogP contribution in [0.15, 0.2) is 0 Å². The third kappa shape index (κ3) is 2.53. The molecule has 0 saturated carbocycles. The number of ether oxygens (including phenoxy) is 2. The first-order chi connectivity index (χ1) is 8.07. The van der Waals surface area contributed by atoms with Crippen molar-refractivity contribution in [2.75, 3.05) is 19.8 Å². The first-order valence-corrected chi connectivity index (χ1v) is 7.28. The van der Waals surface area contributed by atoms with Crippen LogP contribution in [0.5, 0.6) is 0 Å². The summed E-state index contributed by atoms with van der Waals surface area (Å²) in [5.74, 6) is 2.88. The summed E-state index contributed by atoms with van der Waals surface area (Å²) >= 11 is 0. The third-order valence-electron chi connectivity index (χ3n) is 4.73. The Bertz CT molecular complexity index is 241. The van der Waals surface area contributed by atoms with Gasteiger partial charge >= 0.3 is 0 Å². The van der Waals surface area contributed by atoms with E-state index in [-0.39, 0.29) is 5.60 Å². The predicted molar refractivity (Wildman–Crippen MR) is 70.0 cm³/mol. The fourth-order valence-electron chi connectivity index (χ4n) is 4.05. The summed E-state index contributed by atoms with van der Waals surface area (Å²) in [6.07, 6.45) is 3.63. The average molecular weight is 240 g/mol. The average Bonchev–Trinajstić information content (AvgIpc) is 2.60. The van der Waals surface area contributed by atoms with Crippen LogP contribution in [0.3, 0.4) is 0 Å². The van der Waals surface area contributed by atoms with Crippen molar-refractivity contribution in [3.8, 4) is 0 Å². The molecule has 2 saturated heterocycles. The van der Waals surface area contributed by atoms with Gasteiger partial charge in [0.2, 0.25) is 0 Å². The minimum Gasteiger partial charge on any atom is -0.378 e. The van der Waals surface area contributed by atoms with E-state index in [2.05, 4.69) is 27.7 Å². The summed E-state index contributed by atoms with van der Waals surface area (Å²) < 4.78 is 12.0. The van der Waals surface area contributed by atoms with E-state index >= 15 is 0 Å². The highest BCUT2D eigenvalue weighted by Gasteiger charge is 2.49. The molecule has 0 aromatic carbocycles. The van der Waals surface area contributed by atoms with Crippen LogP contribution < -0.4 is 0 Å². The lowest BCUT2D eigenvalue weighted by atomic mass is 9.67. The Morgan fingerprint density at radius 3 is 2.35 bits per heavy atom. The Morgan fingerprint density at radius 2 is 1.82 bits per heavy atom. The van der Waals surface area contributed by atoms with Gasteiger partial charge in [-0.3, -0.25) is 0 Å². The maximum Gasteiger partial charge on any atom is 0.0969 e. The van der Waals surface area contributed by atoms with Gasteiger partial charge in [-0.05, 0) is 36.5 Å². The topological polar surface area (TPSA) is 18.5 Å². The lowest BCUT2D eigenvalue weighted by Gasteiger charge is -2.42. The molecule has 17 heavy (non-hydrogen) atoms. The van der Waals surface area contributed by atoms with Crippen LogP contribution in [0, 0.1) is 23.7 Å². The van der Waals surface area contributed by atoms with Gasteiger partial charge in [0.15, 0.2) is 0 Å². The Kier molecular flexibility index (Phi) is 4.14. The Hall–Kier alpha value is -0.0800. The van der Waals surface area contributed by atoms with Crippen molar-refractivity contribution in [2.24, 2.45) is 23.7 Å². The van der Waals surface area contributed by atoms with Gasteiger partial charge in [-0.2, -0.15) is 0 Å². The Morgan fingerprint density at radius 1 is 1.06 bits per heavy atom. The van der Waals surface area contributed by atoms with Crippen molar-refractivity contribution >= 4 is 0 Å². The van der Waals surface area contributed by atoms with Crippen LogP contribution in [0.1, 0.15) is 47.0 Å². The molecule has 2 aliphatic heterocycles. The molecule has 0 aromatic rings. The van der Waals surface area contributed by atoms with Crippen molar-refractivity contribution in [1.29, 1.82) is 0 Å². The largest absolute Gasteiger partial charge is 0.378 e. The van der Waals surface area contributed by atoms with Gasteiger partial charge in [-0.1, -0.05) is 27.7 Å². The summed E-state index contributed by atoms with van der Waals surface area (Å²) in [4.78, 5) is 0. The number of hydrogen-bond donors (Lipinski definition) is 0. The second kappa shape index (κ2) is 5.27. The predicted octanol–water partition coefficient (Wildman–Crippen LogP) is 3.50. The maximum absolute atomic E-state index is 6.28. The second-order valence-electron chi connectivity index (χ2n) is 6.54. The number of hydrogen-bond acceptors (Lipinski definition) is 2. The molecule has 2 nitrogen and oxygen atoms in total. The molecule has 3 unspecified atom stereocenters. The van der Waals surface area contributed by atoms with Crippen LogP contribution in [0.25, 0.3) is 0 Å². The molecule has 0 aromatic heterocycles. The summed E-state index contributed by atoms with van der Waals surface area (Å²) in [5, 5.41) is 0. The monoisotopic (exact) mass is 240 g/mol. The first-order valence-electron chi connectivity index (χ1n) is 7.28. The van der Waals surface area contributed by atoms with E-state index in [9.17, 15) is 0 Å². The molecule has 2 aliphatic rings. The van der Waals surface area contributed by atoms with E-state index in [1.165, 1.54) is 12.8 Å². The Labute approximate surface area is 106 Å². The molecule has 2 rings (SSSR count). The van der Waals surface area contributed by atoms with Gasteiger partial charge in [0, 0.05) is 19.6 Å². The highest BCUT2D eigenvalue weighted by atomic mass is 16.6. The zero-order valence-corrected chi connectivity index (χ0v) is 11.9. The fraction of sp³-hybridized carbons (Fsp3) is 1.00. The van der Waals surface area contributed by atoms with Crippen LogP contribution >= 0.6 is 0 Å². The molecule has 0 N–H and O–H groups in total. The molecule has 2 heterocycles. The summed E-state index contributed by atoms with van der Waals surface area (Å²) in [6, 6.07) is 0. The van der Waals surface area contributed by atoms with E-state index in [0.29, 0.717) is 11.8 Å². The van der Waals surface area contributed by atoms with E-state index < -0.39 is 0 Å². The molecular formula is C15H28O2. The summed E-state index contributed by atoms with van der Waals surface area (Å²) in [5.41, 5.74) is 0.0274. The molecule has 100 valence electrons. The standard InChI is InChI=1S/C15H28O2/c1-11(2)13-6-5-8-17-15(7-9-16-10-15)14(13)12(3)4/h11-14H,5-10H2,1-4H3. The molecule has 3 atom stereocenters. The fourth-order valence-corrected chi connectivity index (χ4v) is 4.05. The van der Waals surface area contributed by atoms with Crippen molar-refractivity contribution in [2.45, 2.75) is 52.6 Å². The summed E-state index contributed by atoms with van der Waals surface area (Å²) in [7, 11) is 0. The van der Waals surface area contributed by atoms with E-state index in [4.69, 9.17) is 9.47 Å². The molecule has 0 aliphatic carbocycles. The van der Waals surface area contributed by atoms with Crippen LogP contribution in [-0.2, 0) is 9.47 Å². The van der Waals surface area contributed by atoms with E-state index in [1.54, 1.807) is 0 Å².